The Morgan fingerprint density at radius 1 is 1.40 bits per heavy atom. The fraction of sp³-hybridized carbons (Fsp3) is 0.455. The molecule has 15 heavy (non-hydrogen) atoms. The zero-order chi connectivity index (χ0) is 11.3. The van der Waals surface area contributed by atoms with Crippen LogP contribution in [0.2, 0.25) is 0 Å². The van der Waals surface area contributed by atoms with Crippen LogP contribution in [-0.2, 0) is 4.74 Å². The van der Waals surface area contributed by atoms with Crippen LogP contribution in [0.15, 0.2) is 18.2 Å². The van der Waals surface area contributed by atoms with Gasteiger partial charge in [0.15, 0.2) is 0 Å². The molecule has 1 unspecified atom stereocenters. The zero-order valence-corrected chi connectivity index (χ0v) is 8.67. The van der Waals surface area contributed by atoms with Gasteiger partial charge in [-0.05, 0) is 37.6 Å². The quantitative estimate of drug-likeness (QED) is 0.818. The molecule has 0 saturated heterocycles. The van der Waals surface area contributed by atoms with Crippen molar-refractivity contribution in [3.63, 3.8) is 0 Å². The average Bonchev–Trinajstić information content (AvgIpc) is 2.24. The molecule has 0 aromatic heterocycles. The molecule has 0 heterocycles. The maximum Gasteiger partial charge on any atom is 0.129 e. The summed E-state index contributed by atoms with van der Waals surface area (Å²) in [5, 5.41) is 0. The summed E-state index contributed by atoms with van der Waals surface area (Å²) in [5.41, 5.74) is 5.61. The predicted octanol–water partition coefficient (Wildman–Crippen LogP) is 2.39. The van der Waals surface area contributed by atoms with Gasteiger partial charge >= 0.3 is 0 Å². The first-order valence-electron chi connectivity index (χ1n) is 4.87. The number of nitrogens with two attached hydrogens (primary N) is 1. The summed E-state index contributed by atoms with van der Waals surface area (Å²) < 4.78 is 31.4. The van der Waals surface area contributed by atoms with E-state index in [2.05, 4.69) is 0 Å². The van der Waals surface area contributed by atoms with Crippen LogP contribution in [0.1, 0.15) is 24.5 Å². The van der Waals surface area contributed by atoms with Crippen LogP contribution in [0, 0.1) is 11.6 Å². The van der Waals surface area contributed by atoms with Crippen LogP contribution >= 0.6 is 0 Å². The van der Waals surface area contributed by atoms with Gasteiger partial charge in [-0.1, -0.05) is 0 Å². The summed E-state index contributed by atoms with van der Waals surface area (Å²) in [7, 11) is 1.48. The Morgan fingerprint density at radius 3 is 2.73 bits per heavy atom. The minimum Gasteiger partial charge on any atom is -0.377 e. The van der Waals surface area contributed by atoms with Gasteiger partial charge < -0.3 is 10.5 Å². The number of hydrogen-bond acceptors (Lipinski definition) is 2. The van der Waals surface area contributed by atoms with Crippen molar-refractivity contribution in [2.24, 2.45) is 5.73 Å². The van der Waals surface area contributed by atoms with Gasteiger partial charge in [-0.25, -0.2) is 8.78 Å². The van der Waals surface area contributed by atoms with E-state index in [1.54, 1.807) is 0 Å². The molecule has 4 heteroatoms. The lowest BCUT2D eigenvalue weighted by atomic mass is 10.0. The molecule has 0 amide bonds. The second-order valence-electron chi connectivity index (χ2n) is 3.32. The van der Waals surface area contributed by atoms with Crippen molar-refractivity contribution in [3.8, 4) is 0 Å². The first kappa shape index (κ1) is 12.1. The minimum atomic E-state index is -0.457. The summed E-state index contributed by atoms with van der Waals surface area (Å²) in [4.78, 5) is 0. The monoisotopic (exact) mass is 215 g/mol. The lowest BCUT2D eigenvalue weighted by Crippen LogP contribution is -2.08. The number of methoxy groups -OCH3 is 1. The molecule has 0 aliphatic heterocycles. The Bertz CT molecular complexity index is 317. The van der Waals surface area contributed by atoms with E-state index in [9.17, 15) is 8.78 Å². The fourth-order valence-electron chi connectivity index (χ4n) is 1.46. The molecule has 0 radical (unpaired) electrons. The van der Waals surface area contributed by atoms with E-state index in [1.165, 1.54) is 13.2 Å². The Morgan fingerprint density at radius 2 is 2.13 bits per heavy atom. The molecule has 0 aliphatic carbocycles. The highest BCUT2D eigenvalue weighted by Crippen LogP contribution is 2.25. The van der Waals surface area contributed by atoms with Crippen molar-refractivity contribution in [1.29, 1.82) is 0 Å². The second-order valence-corrected chi connectivity index (χ2v) is 3.32. The highest BCUT2D eigenvalue weighted by atomic mass is 19.1. The number of benzene rings is 1. The highest BCUT2D eigenvalue weighted by Gasteiger charge is 2.15. The molecule has 0 saturated carbocycles. The first-order chi connectivity index (χ1) is 7.19. The summed E-state index contributed by atoms with van der Waals surface area (Å²) in [6.45, 7) is 0.511. The normalized spacial score (nSPS) is 12.8. The predicted molar refractivity (Wildman–Crippen MR) is 54.4 cm³/mol. The van der Waals surface area contributed by atoms with Crippen molar-refractivity contribution in [3.05, 3.63) is 35.4 Å². The van der Waals surface area contributed by atoms with Crippen molar-refractivity contribution < 1.29 is 13.5 Å². The Balaban J connectivity index is 2.85. The zero-order valence-electron chi connectivity index (χ0n) is 8.67. The maximum absolute atomic E-state index is 13.4. The Hall–Kier alpha value is -1.00. The Labute approximate surface area is 88.0 Å². The molecule has 2 nitrogen and oxygen atoms in total. The van der Waals surface area contributed by atoms with Gasteiger partial charge in [-0.2, -0.15) is 0 Å². The van der Waals surface area contributed by atoms with E-state index in [0.29, 0.717) is 19.4 Å². The average molecular weight is 215 g/mol. The van der Waals surface area contributed by atoms with Gasteiger partial charge in [0.05, 0.1) is 6.10 Å². The van der Waals surface area contributed by atoms with Crippen molar-refractivity contribution in [2.75, 3.05) is 13.7 Å². The van der Waals surface area contributed by atoms with Crippen LogP contribution in [0.3, 0.4) is 0 Å². The number of ether oxygens (including phenoxy) is 1. The topological polar surface area (TPSA) is 35.2 Å². The third kappa shape index (κ3) is 3.25. The van der Waals surface area contributed by atoms with Crippen molar-refractivity contribution in [1.82, 2.24) is 0 Å². The van der Waals surface area contributed by atoms with E-state index < -0.39 is 17.7 Å². The van der Waals surface area contributed by atoms with E-state index in [-0.39, 0.29) is 5.56 Å². The van der Waals surface area contributed by atoms with Gasteiger partial charge in [-0.15, -0.1) is 0 Å². The molecule has 2 N–H and O–H groups in total. The lowest BCUT2D eigenvalue weighted by Gasteiger charge is -2.15. The molecule has 0 aliphatic rings. The molecule has 84 valence electrons. The number of hydrogen-bond donors (Lipinski definition) is 1. The third-order valence-electron chi connectivity index (χ3n) is 2.26. The summed E-state index contributed by atoms with van der Waals surface area (Å²) in [6.07, 6.45) is 0.881. The standard InChI is InChI=1S/C11H15F2NO/c1-15-11(3-2-6-14)9-7-8(12)4-5-10(9)13/h4-5,7,11H,2-3,6,14H2,1H3. The van der Waals surface area contributed by atoms with Gasteiger partial charge in [-0.3, -0.25) is 0 Å². The largest absolute Gasteiger partial charge is 0.377 e. The maximum atomic E-state index is 13.4. The van der Waals surface area contributed by atoms with Crippen LogP contribution in [-0.4, -0.2) is 13.7 Å². The molecular weight excluding hydrogens is 200 g/mol. The van der Waals surface area contributed by atoms with Crippen molar-refractivity contribution >= 4 is 0 Å². The molecule has 0 bridgehead atoms. The fourth-order valence-corrected chi connectivity index (χ4v) is 1.46. The summed E-state index contributed by atoms with van der Waals surface area (Å²) in [6, 6.07) is 3.37. The number of halogens is 2. The third-order valence-corrected chi connectivity index (χ3v) is 2.26. The summed E-state index contributed by atoms with van der Waals surface area (Å²) >= 11 is 0. The summed E-state index contributed by atoms with van der Waals surface area (Å²) in [5.74, 6) is -0.901. The van der Waals surface area contributed by atoms with E-state index in [1.807, 2.05) is 0 Å². The number of rotatable bonds is 5. The van der Waals surface area contributed by atoms with Gasteiger partial charge in [0.25, 0.3) is 0 Å². The van der Waals surface area contributed by atoms with Crippen molar-refractivity contribution in [2.45, 2.75) is 18.9 Å². The Kier molecular flexibility index (Phi) is 4.65. The van der Waals surface area contributed by atoms with Gasteiger partial charge in [0.1, 0.15) is 11.6 Å². The van der Waals surface area contributed by atoms with Crippen LogP contribution < -0.4 is 5.73 Å². The molecule has 1 aromatic rings. The minimum absolute atomic E-state index is 0.256. The van der Waals surface area contributed by atoms with Crippen LogP contribution in [0.25, 0.3) is 0 Å². The molecular formula is C11H15F2NO. The van der Waals surface area contributed by atoms with E-state index in [0.717, 1.165) is 12.1 Å². The lowest BCUT2D eigenvalue weighted by molar-refractivity contribution is 0.0909. The first-order valence-corrected chi connectivity index (χ1v) is 4.87. The SMILES string of the molecule is COC(CCCN)c1cc(F)ccc1F. The molecule has 0 fully saturated rings. The van der Waals surface area contributed by atoms with Gasteiger partial charge in [0.2, 0.25) is 0 Å². The van der Waals surface area contributed by atoms with Crippen LogP contribution in [0.4, 0.5) is 8.78 Å². The van der Waals surface area contributed by atoms with Gasteiger partial charge in [0, 0.05) is 12.7 Å². The molecule has 1 rings (SSSR count). The van der Waals surface area contributed by atoms with Crippen LogP contribution in [0.5, 0.6) is 0 Å². The molecule has 1 aromatic carbocycles. The van der Waals surface area contributed by atoms with E-state index in [4.69, 9.17) is 10.5 Å². The molecule has 0 spiro atoms. The highest BCUT2D eigenvalue weighted by molar-refractivity contribution is 5.21. The smallest absolute Gasteiger partial charge is 0.129 e. The van der Waals surface area contributed by atoms with E-state index >= 15 is 0 Å². The molecule has 1 atom stereocenters. The second kappa shape index (κ2) is 5.78.